The molecule has 1 aliphatic rings. The second-order valence-electron chi connectivity index (χ2n) is 7.52. The number of rotatable bonds is 12. The van der Waals surface area contributed by atoms with E-state index in [0.717, 1.165) is 30.4 Å². The van der Waals surface area contributed by atoms with Crippen LogP contribution in [0, 0.1) is 11.8 Å². The van der Waals surface area contributed by atoms with Crippen molar-refractivity contribution < 1.29 is 14.6 Å². The Morgan fingerprint density at radius 2 is 2.00 bits per heavy atom. The predicted octanol–water partition coefficient (Wildman–Crippen LogP) is 2.56. The van der Waals surface area contributed by atoms with E-state index < -0.39 is 6.10 Å². The Kier molecular flexibility index (Phi) is 9.42. The van der Waals surface area contributed by atoms with Gasteiger partial charge in [0.15, 0.2) is 5.96 Å². The molecule has 0 saturated heterocycles. The van der Waals surface area contributed by atoms with Gasteiger partial charge in [-0.1, -0.05) is 32.0 Å². The molecule has 3 N–H and O–H groups in total. The van der Waals surface area contributed by atoms with E-state index in [1.807, 2.05) is 31.2 Å². The molecular weight excluding hydrogens is 342 g/mol. The van der Waals surface area contributed by atoms with Gasteiger partial charge in [-0.15, -0.1) is 0 Å². The number of guanidine groups is 1. The lowest BCUT2D eigenvalue weighted by Crippen LogP contribution is -2.42. The monoisotopic (exact) mass is 377 g/mol. The lowest BCUT2D eigenvalue weighted by molar-refractivity contribution is 0.0280. The molecule has 0 spiro atoms. The Balaban J connectivity index is 1.83. The zero-order valence-corrected chi connectivity index (χ0v) is 16.9. The van der Waals surface area contributed by atoms with E-state index in [1.165, 1.54) is 12.8 Å². The summed E-state index contributed by atoms with van der Waals surface area (Å²) in [5.41, 5.74) is 1.07. The van der Waals surface area contributed by atoms with Crippen molar-refractivity contribution in [1.82, 2.24) is 10.6 Å². The van der Waals surface area contributed by atoms with E-state index in [4.69, 9.17) is 9.47 Å². The van der Waals surface area contributed by atoms with Gasteiger partial charge in [-0.05, 0) is 37.7 Å². The topological polar surface area (TPSA) is 75.1 Å². The summed E-state index contributed by atoms with van der Waals surface area (Å²) in [6.45, 7) is 9.64. The molecule has 6 heteroatoms. The first-order valence-electron chi connectivity index (χ1n) is 10.1. The van der Waals surface area contributed by atoms with Crippen LogP contribution in [-0.4, -0.2) is 50.1 Å². The highest BCUT2D eigenvalue weighted by atomic mass is 16.5. The second kappa shape index (κ2) is 11.8. The molecule has 1 unspecified atom stereocenters. The molecule has 0 heterocycles. The lowest BCUT2D eigenvalue weighted by Gasteiger charge is -2.16. The Morgan fingerprint density at radius 3 is 2.70 bits per heavy atom. The molecule has 152 valence electrons. The molecule has 0 aliphatic heterocycles. The Morgan fingerprint density at radius 1 is 1.22 bits per heavy atom. The Hall–Kier alpha value is -1.79. The highest BCUT2D eigenvalue weighted by Crippen LogP contribution is 2.30. The van der Waals surface area contributed by atoms with E-state index in [0.29, 0.717) is 38.2 Å². The molecule has 0 aromatic heterocycles. The fourth-order valence-corrected chi connectivity index (χ4v) is 2.49. The van der Waals surface area contributed by atoms with Crippen LogP contribution in [0.25, 0.3) is 0 Å². The van der Waals surface area contributed by atoms with E-state index >= 15 is 0 Å². The molecular formula is C21H35N3O3. The van der Waals surface area contributed by atoms with E-state index in [-0.39, 0.29) is 0 Å². The van der Waals surface area contributed by atoms with Gasteiger partial charge < -0.3 is 25.2 Å². The predicted molar refractivity (Wildman–Crippen MR) is 109 cm³/mol. The number of ether oxygens (including phenoxy) is 2. The summed E-state index contributed by atoms with van der Waals surface area (Å²) in [5, 5.41) is 16.4. The first-order valence-corrected chi connectivity index (χ1v) is 10.1. The standard InChI is InChI=1S/C21H35N3O3/c1-4-22-21(24-12-19(25)15-26-13-16(2)3)23-11-18-7-5-6-8-20(18)27-14-17-9-10-17/h5-8,16-17,19,25H,4,9-15H2,1-3H3,(H2,22,23,24). The van der Waals surface area contributed by atoms with Gasteiger partial charge in [-0.25, -0.2) is 4.99 Å². The highest BCUT2D eigenvalue weighted by molar-refractivity contribution is 5.79. The molecule has 1 aromatic rings. The quantitative estimate of drug-likeness (QED) is 0.386. The van der Waals surface area contributed by atoms with Crippen LogP contribution in [0.3, 0.4) is 0 Å². The molecule has 6 nitrogen and oxygen atoms in total. The van der Waals surface area contributed by atoms with E-state index in [2.05, 4.69) is 29.5 Å². The van der Waals surface area contributed by atoms with Gasteiger partial charge >= 0.3 is 0 Å². The summed E-state index contributed by atoms with van der Waals surface area (Å²) < 4.78 is 11.4. The first-order chi connectivity index (χ1) is 13.1. The summed E-state index contributed by atoms with van der Waals surface area (Å²) in [6.07, 6.45) is 1.98. The average molecular weight is 378 g/mol. The maximum atomic E-state index is 10.0. The van der Waals surface area contributed by atoms with Gasteiger partial charge in [0.25, 0.3) is 0 Å². The largest absolute Gasteiger partial charge is 0.493 e. The molecule has 1 atom stereocenters. The number of para-hydroxylation sites is 1. The average Bonchev–Trinajstić information content (AvgIpc) is 3.47. The van der Waals surface area contributed by atoms with Gasteiger partial charge in [0.1, 0.15) is 5.75 Å². The fourth-order valence-electron chi connectivity index (χ4n) is 2.49. The third-order valence-corrected chi connectivity index (χ3v) is 4.16. The number of aliphatic hydroxyl groups is 1. The number of hydrogen-bond acceptors (Lipinski definition) is 4. The van der Waals surface area contributed by atoms with Gasteiger partial charge in [-0.3, -0.25) is 0 Å². The van der Waals surface area contributed by atoms with Crippen molar-refractivity contribution in [3.63, 3.8) is 0 Å². The van der Waals surface area contributed by atoms with Gasteiger partial charge in [-0.2, -0.15) is 0 Å². The number of benzene rings is 1. The molecule has 1 aromatic carbocycles. The smallest absolute Gasteiger partial charge is 0.191 e. The number of nitrogens with zero attached hydrogens (tertiary/aromatic N) is 1. The van der Waals surface area contributed by atoms with Crippen molar-refractivity contribution in [2.45, 2.75) is 46.3 Å². The van der Waals surface area contributed by atoms with Crippen LogP contribution in [0.4, 0.5) is 0 Å². The molecule has 27 heavy (non-hydrogen) atoms. The summed E-state index contributed by atoms with van der Waals surface area (Å²) in [6, 6.07) is 8.05. The normalized spacial score (nSPS) is 15.7. The van der Waals surface area contributed by atoms with E-state index in [9.17, 15) is 5.11 Å². The van der Waals surface area contributed by atoms with Gasteiger partial charge in [0.05, 0.1) is 25.9 Å². The number of nitrogens with one attached hydrogen (secondary N) is 2. The van der Waals surface area contributed by atoms with Crippen molar-refractivity contribution in [3.05, 3.63) is 29.8 Å². The number of aliphatic imine (C=N–C) groups is 1. The van der Waals surface area contributed by atoms with Crippen molar-refractivity contribution in [1.29, 1.82) is 0 Å². The zero-order valence-electron chi connectivity index (χ0n) is 16.9. The Labute approximate surface area is 163 Å². The molecule has 1 saturated carbocycles. The van der Waals surface area contributed by atoms with Crippen LogP contribution >= 0.6 is 0 Å². The minimum Gasteiger partial charge on any atom is -0.493 e. The minimum absolute atomic E-state index is 0.322. The van der Waals surface area contributed by atoms with Gasteiger partial charge in [0, 0.05) is 25.3 Å². The van der Waals surface area contributed by atoms with Gasteiger partial charge in [0.2, 0.25) is 0 Å². The SMILES string of the molecule is CCNC(=NCc1ccccc1OCC1CC1)NCC(O)COCC(C)C. The summed E-state index contributed by atoms with van der Waals surface area (Å²) in [4.78, 5) is 4.63. The third kappa shape index (κ3) is 9.11. The maximum Gasteiger partial charge on any atom is 0.191 e. The maximum absolute atomic E-state index is 10.0. The molecule has 0 bridgehead atoms. The fraction of sp³-hybridized carbons (Fsp3) is 0.667. The van der Waals surface area contributed by atoms with Crippen LogP contribution < -0.4 is 15.4 Å². The summed E-state index contributed by atoms with van der Waals surface area (Å²) in [5.74, 6) is 2.77. The van der Waals surface area contributed by atoms with Crippen molar-refractivity contribution in [2.24, 2.45) is 16.8 Å². The number of aliphatic hydroxyl groups excluding tert-OH is 1. The minimum atomic E-state index is -0.568. The Bertz CT molecular complexity index is 574. The molecule has 0 amide bonds. The molecule has 0 radical (unpaired) electrons. The van der Waals surface area contributed by atoms with Crippen LogP contribution in [0.1, 0.15) is 39.2 Å². The van der Waals surface area contributed by atoms with Crippen molar-refractivity contribution in [2.75, 3.05) is 32.9 Å². The molecule has 2 rings (SSSR count). The van der Waals surface area contributed by atoms with Crippen LogP contribution in [0.5, 0.6) is 5.75 Å². The van der Waals surface area contributed by atoms with Crippen molar-refractivity contribution >= 4 is 5.96 Å². The lowest BCUT2D eigenvalue weighted by atomic mass is 10.2. The van der Waals surface area contributed by atoms with Crippen molar-refractivity contribution in [3.8, 4) is 5.75 Å². The number of hydrogen-bond donors (Lipinski definition) is 3. The summed E-state index contributed by atoms with van der Waals surface area (Å²) in [7, 11) is 0. The highest BCUT2D eigenvalue weighted by Gasteiger charge is 2.22. The second-order valence-corrected chi connectivity index (χ2v) is 7.52. The van der Waals surface area contributed by atoms with Crippen LogP contribution in [-0.2, 0) is 11.3 Å². The third-order valence-electron chi connectivity index (χ3n) is 4.16. The first kappa shape index (κ1) is 21.5. The van der Waals surface area contributed by atoms with Crippen LogP contribution in [0.2, 0.25) is 0 Å². The van der Waals surface area contributed by atoms with E-state index in [1.54, 1.807) is 0 Å². The zero-order chi connectivity index (χ0) is 19.5. The van der Waals surface area contributed by atoms with Crippen LogP contribution in [0.15, 0.2) is 29.3 Å². The molecule has 1 fully saturated rings. The summed E-state index contributed by atoms with van der Waals surface area (Å²) >= 11 is 0. The molecule has 1 aliphatic carbocycles.